The van der Waals surface area contributed by atoms with Crippen molar-refractivity contribution in [1.82, 2.24) is 0 Å². The van der Waals surface area contributed by atoms with Crippen molar-refractivity contribution < 1.29 is 18.7 Å². The van der Waals surface area contributed by atoms with Gasteiger partial charge >= 0.3 is 7.60 Å². The van der Waals surface area contributed by atoms with Crippen LogP contribution in [0.1, 0.15) is 30.5 Å². The van der Waals surface area contributed by atoms with Crippen LogP contribution in [0.5, 0.6) is 5.75 Å². The van der Waals surface area contributed by atoms with Crippen LogP contribution in [-0.4, -0.2) is 18.3 Å². The lowest BCUT2D eigenvalue weighted by Crippen LogP contribution is -1.99. The van der Waals surface area contributed by atoms with Gasteiger partial charge in [-0.05, 0) is 44.4 Å². The highest BCUT2D eigenvalue weighted by molar-refractivity contribution is 7.53. The number of hydrogen-bond acceptors (Lipinski definition) is 4. The molecule has 5 heteroatoms. The van der Waals surface area contributed by atoms with Crippen molar-refractivity contribution in [3.8, 4) is 5.75 Å². The first-order valence-corrected chi connectivity index (χ1v) is 7.82. The van der Waals surface area contributed by atoms with Crippen LogP contribution in [0.15, 0.2) is 12.1 Å². The summed E-state index contributed by atoms with van der Waals surface area (Å²) in [4.78, 5) is 0. The summed E-state index contributed by atoms with van der Waals surface area (Å²) in [6, 6.07) is 3.63. The molecule has 0 aliphatic rings. The highest BCUT2D eigenvalue weighted by Crippen LogP contribution is 2.51. The molecule has 0 aliphatic carbocycles. The maximum absolute atomic E-state index is 12.4. The number of hydrogen-bond donors (Lipinski definition) is 1. The fourth-order valence-corrected chi connectivity index (χ4v) is 3.56. The second-order valence-corrected chi connectivity index (χ2v) is 6.24. The molecule has 18 heavy (non-hydrogen) atoms. The highest BCUT2D eigenvalue weighted by atomic mass is 31.2. The van der Waals surface area contributed by atoms with Gasteiger partial charge in [-0.1, -0.05) is 12.1 Å². The average Bonchev–Trinajstić information content (AvgIpc) is 2.26. The van der Waals surface area contributed by atoms with E-state index in [1.807, 2.05) is 26.0 Å². The normalized spacial score (nSPS) is 11.8. The third kappa shape index (κ3) is 3.84. The molecule has 0 spiro atoms. The predicted molar refractivity (Wildman–Crippen MR) is 72.1 cm³/mol. The first-order chi connectivity index (χ1) is 8.41. The Bertz CT molecular complexity index is 423. The summed E-state index contributed by atoms with van der Waals surface area (Å²) < 4.78 is 22.9. The van der Waals surface area contributed by atoms with Gasteiger partial charge in [0.25, 0.3) is 0 Å². The molecule has 102 valence electrons. The van der Waals surface area contributed by atoms with Crippen molar-refractivity contribution in [3.05, 3.63) is 28.8 Å². The van der Waals surface area contributed by atoms with Crippen LogP contribution in [0, 0.1) is 13.8 Å². The topological polar surface area (TPSA) is 55.8 Å². The van der Waals surface area contributed by atoms with E-state index in [4.69, 9.17) is 9.05 Å². The van der Waals surface area contributed by atoms with Gasteiger partial charge < -0.3 is 14.2 Å². The first-order valence-electron chi connectivity index (χ1n) is 6.09. The van der Waals surface area contributed by atoms with E-state index in [0.717, 1.165) is 16.7 Å². The van der Waals surface area contributed by atoms with Gasteiger partial charge in [-0.3, -0.25) is 4.57 Å². The Labute approximate surface area is 108 Å². The molecule has 0 amide bonds. The monoisotopic (exact) mass is 272 g/mol. The van der Waals surface area contributed by atoms with Crippen LogP contribution in [0.25, 0.3) is 0 Å². The standard InChI is InChI=1S/C13H21O4P/c1-5-16-18(15,17-6-2)9-12-7-10(3)13(14)11(4)8-12/h7-8,14H,5-6,9H2,1-4H3. The zero-order valence-electron chi connectivity index (χ0n) is 11.4. The molecule has 0 fully saturated rings. The van der Waals surface area contributed by atoms with Crippen molar-refractivity contribution >= 4 is 7.60 Å². The summed E-state index contributed by atoms with van der Waals surface area (Å²) >= 11 is 0. The second kappa shape index (κ2) is 6.37. The summed E-state index contributed by atoms with van der Waals surface area (Å²) in [6.07, 6.45) is 0.233. The Hall–Kier alpha value is -0.830. The quantitative estimate of drug-likeness (QED) is 0.801. The van der Waals surface area contributed by atoms with Gasteiger partial charge in [0.15, 0.2) is 0 Å². The fraction of sp³-hybridized carbons (Fsp3) is 0.538. The summed E-state index contributed by atoms with van der Waals surface area (Å²) in [5.41, 5.74) is 2.39. The van der Waals surface area contributed by atoms with Crippen molar-refractivity contribution in [2.24, 2.45) is 0 Å². The molecule has 1 aromatic carbocycles. The van der Waals surface area contributed by atoms with Gasteiger partial charge in [0.2, 0.25) is 0 Å². The summed E-state index contributed by atoms with van der Waals surface area (Å²) in [5, 5.41) is 9.70. The van der Waals surface area contributed by atoms with Crippen molar-refractivity contribution in [2.75, 3.05) is 13.2 Å². The van der Waals surface area contributed by atoms with Gasteiger partial charge in [-0.25, -0.2) is 0 Å². The molecule has 4 nitrogen and oxygen atoms in total. The fourth-order valence-electron chi connectivity index (χ4n) is 1.88. The van der Waals surface area contributed by atoms with E-state index in [1.54, 1.807) is 13.8 Å². The van der Waals surface area contributed by atoms with E-state index < -0.39 is 7.60 Å². The number of benzene rings is 1. The largest absolute Gasteiger partial charge is 0.507 e. The highest BCUT2D eigenvalue weighted by Gasteiger charge is 2.24. The second-order valence-electron chi connectivity index (χ2n) is 4.18. The average molecular weight is 272 g/mol. The molecule has 0 radical (unpaired) electrons. The lowest BCUT2D eigenvalue weighted by Gasteiger charge is -2.17. The molecular weight excluding hydrogens is 251 g/mol. The molecule has 1 rings (SSSR count). The summed E-state index contributed by atoms with van der Waals surface area (Å²) in [7, 11) is -3.08. The van der Waals surface area contributed by atoms with Crippen LogP contribution >= 0.6 is 7.60 Å². The lowest BCUT2D eigenvalue weighted by atomic mass is 10.1. The molecule has 0 atom stereocenters. The number of rotatable bonds is 6. The third-order valence-electron chi connectivity index (χ3n) is 2.58. The maximum Gasteiger partial charge on any atom is 0.335 e. The van der Waals surface area contributed by atoms with Crippen molar-refractivity contribution in [2.45, 2.75) is 33.9 Å². The molecule has 0 saturated heterocycles. The Balaban J connectivity index is 2.98. The molecule has 0 heterocycles. The van der Waals surface area contributed by atoms with Gasteiger partial charge in [0.05, 0.1) is 19.4 Å². The smallest absolute Gasteiger partial charge is 0.335 e. The minimum absolute atomic E-state index is 0.233. The zero-order chi connectivity index (χ0) is 13.8. The number of aryl methyl sites for hydroxylation is 2. The van der Waals surface area contributed by atoms with Crippen LogP contribution in [0.2, 0.25) is 0 Å². The van der Waals surface area contributed by atoms with E-state index in [2.05, 4.69) is 0 Å². The minimum Gasteiger partial charge on any atom is -0.507 e. The Morgan fingerprint density at radius 2 is 1.56 bits per heavy atom. The van der Waals surface area contributed by atoms with E-state index in [0.29, 0.717) is 13.2 Å². The van der Waals surface area contributed by atoms with Crippen molar-refractivity contribution in [3.63, 3.8) is 0 Å². The predicted octanol–water partition coefficient (Wildman–Crippen LogP) is 3.78. The summed E-state index contributed by atoms with van der Waals surface area (Å²) in [6.45, 7) is 7.93. The number of aromatic hydroxyl groups is 1. The molecule has 0 unspecified atom stereocenters. The van der Waals surface area contributed by atoms with Crippen LogP contribution in [-0.2, 0) is 19.8 Å². The zero-order valence-corrected chi connectivity index (χ0v) is 12.3. The van der Waals surface area contributed by atoms with Gasteiger partial charge in [0, 0.05) is 0 Å². The maximum atomic E-state index is 12.4. The molecule has 0 saturated carbocycles. The Kier molecular flexibility index (Phi) is 5.39. The van der Waals surface area contributed by atoms with Crippen molar-refractivity contribution in [1.29, 1.82) is 0 Å². The third-order valence-corrected chi connectivity index (χ3v) is 4.63. The Morgan fingerprint density at radius 1 is 1.11 bits per heavy atom. The van der Waals surface area contributed by atoms with Crippen LogP contribution in [0.4, 0.5) is 0 Å². The van der Waals surface area contributed by atoms with Crippen LogP contribution < -0.4 is 0 Å². The van der Waals surface area contributed by atoms with Gasteiger partial charge in [-0.2, -0.15) is 0 Å². The number of phenols is 1. The van der Waals surface area contributed by atoms with E-state index in [9.17, 15) is 9.67 Å². The molecule has 1 aromatic rings. The van der Waals surface area contributed by atoms with E-state index >= 15 is 0 Å². The van der Waals surface area contributed by atoms with Crippen LogP contribution in [0.3, 0.4) is 0 Å². The number of phenolic OH excluding ortho intramolecular Hbond substituents is 1. The minimum atomic E-state index is -3.08. The van der Waals surface area contributed by atoms with Gasteiger partial charge in [-0.15, -0.1) is 0 Å². The van der Waals surface area contributed by atoms with E-state index in [1.165, 1.54) is 0 Å². The van der Waals surface area contributed by atoms with Gasteiger partial charge in [0.1, 0.15) is 5.75 Å². The molecule has 0 aliphatic heterocycles. The molecule has 1 N–H and O–H groups in total. The molecule has 0 aromatic heterocycles. The Morgan fingerprint density at radius 3 is 1.94 bits per heavy atom. The summed E-state index contributed by atoms with van der Waals surface area (Å²) in [5.74, 6) is 0.279. The molecular formula is C13H21O4P. The van der Waals surface area contributed by atoms with E-state index in [-0.39, 0.29) is 11.9 Å². The first kappa shape index (κ1) is 15.2. The molecule has 0 bridgehead atoms. The lowest BCUT2D eigenvalue weighted by molar-refractivity contribution is 0.219. The SMILES string of the molecule is CCOP(=O)(Cc1cc(C)c(O)c(C)c1)OCC.